The number of amides is 1. The molecule has 2 unspecified atom stereocenters. The summed E-state index contributed by atoms with van der Waals surface area (Å²) in [6, 6.07) is 0. The van der Waals surface area contributed by atoms with E-state index in [1.165, 1.54) is 0 Å². The molecule has 0 spiro atoms. The Balaban J connectivity index is 1.98. The van der Waals surface area contributed by atoms with Gasteiger partial charge >= 0.3 is 5.97 Å². The van der Waals surface area contributed by atoms with Gasteiger partial charge in [-0.05, 0) is 33.1 Å². The fourth-order valence-electron chi connectivity index (χ4n) is 2.78. The van der Waals surface area contributed by atoms with Gasteiger partial charge in [-0.3, -0.25) is 9.59 Å². The highest BCUT2D eigenvalue weighted by Crippen LogP contribution is 2.32. The van der Waals surface area contributed by atoms with Crippen LogP contribution in [-0.2, 0) is 16.1 Å². The third-order valence-electron chi connectivity index (χ3n) is 4.08. The number of aliphatic carboxylic acids is 1. The van der Waals surface area contributed by atoms with Gasteiger partial charge in [-0.2, -0.15) is 0 Å². The van der Waals surface area contributed by atoms with Crippen molar-refractivity contribution in [3.05, 3.63) is 17.0 Å². The molecule has 1 aromatic heterocycles. The Kier molecular flexibility index (Phi) is 4.11. The summed E-state index contributed by atoms with van der Waals surface area (Å²) in [5.41, 5.74) is 1.71. The van der Waals surface area contributed by atoms with E-state index in [1.54, 1.807) is 11.9 Å². The molecular weight excluding hydrogens is 260 g/mol. The van der Waals surface area contributed by atoms with Crippen molar-refractivity contribution in [3.8, 4) is 0 Å². The number of carboxylic acids is 1. The van der Waals surface area contributed by atoms with Gasteiger partial charge in [-0.1, -0.05) is 5.16 Å². The van der Waals surface area contributed by atoms with Crippen LogP contribution in [0, 0.1) is 25.7 Å². The van der Waals surface area contributed by atoms with Crippen LogP contribution in [0.25, 0.3) is 0 Å². The van der Waals surface area contributed by atoms with E-state index < -0.39 is 5.97 Å². The van der Waals surface area contributed by atoms with E-state index in [1.807, 2.05) is 13.8 Å². The second-order valence-corrected chi connectivity index (χ2v) is 5.54. The van der Waals surface area contributed by atoms with Crippen LogP contribution in [0.3, 0.4) is 0 Å². The van der Waals surface area contributed by atoms with Gasteiger partial charge in [0.25, 0.3) is 0 Å². The van der Waals surface area contributed by atoms with Gasteiger partial charge in [0.15, 0.2) is 0 Å². The van der Waals surface area contributed by atoms with Crippen molar-refractivity contribution < 1.29 is 19.2 Å². The quantitative estimate of drug-likeness (QED) is 0.908. The summed E-state index contributed by atoms with van der Waals surface area (Å²) in [5, 5.41) is 12.9. The first kappa shape index (κ1) is 14.6. The molecule has 0 radical (unpaired) electrons. The van der Waals surface area contributed by atoms with E-state index in [0.29, 0.717) is 25.8 Å². The van der Waals surface area contributed by atoms with Crippen LogP contribution in [0.5, 0.6) is 0 Å². The molecule has 1 heterocycles. The minimum absolute atomic E-state index is 0.00810. The highest BCUT2D eigenvalue weighted by molar-refractivity contribution is 5.80. The Morgan fingerprint density at radius 3 is 2.50 bits per heavy atom. The summed E-state index contributed by atoms with van der Waals surface area (Å²) in [7, 11) is 1.74. The highest BCUT2D eigenvalue weighted by Gasteiger charge is 2.35. The number of nitrogens with zero attached hydrogens (tertiary/aromatic N) is 2. The van der Waals surface area contributed by atoms with Crippen molar-refractivity contribution in [3.63, 3.8) is 0 Å². The van der Waals surface area contributed by atoms with Gasteiger partial charge in [0.2, 0.25) is 5.91 Å². The Morgan fingerprint density at radius 2 is 2.00 bits per heavy atom. The third kappa shape index (κ3) is 2.84. The van der Waals surface area contributed by atoms with Gasteiger partial charge in [0, 0.05) is 18.5 Å². The predicted octanol–water partition coefficient (Wildman–Crippen LogP) is 1.75. The minimum atomic E-state index is -0.798. The number of hydrogen-bond acceptors (Lipinski definition) is 4. The van der Waals surface area contributed by atoms with Gasteiger partial charge in [-0.15, -0.1) is 0 Å². The van der Waals surface area contributed by atoms with Gasteiger partial charge in [0.1, 0.15) is 5.76 Å². The molecular formula is C14H20N2O4. The van der Waals surface area contributed by atoms with E-state index in [4.69, 9.17) is 9.63 Å². The molecule has 0 saturated heterocycles. The van der Waals surface area contributed by atoms with Crippen molar-refractivity contribution in [1.82, 2.24) is 10.1 Å². The smallest absolute Gasteiger partial charge is 0.306 e. The number of carboxylic acid groups (broad SMARTS) is 1. The Morgan fingerprint density at radius 1 is 1.35 bits per heavy atom. The topological polar surface area (TPSA) is 83.6 Å². The monoisotopic (exact) mass is 280 g/mol. The average Bonchev–Trinajstić information content (AvgIpc) is 3.00. The van der Waals surface area contributed by atoms with E-state index in [0.717, 1.165) is 17.0 Å². The molecule has 1 aromatic rings. The normalized spacial score (nSPS) is 21.9. The molecule has 1 amide bonds. The maximum Gasteiger partial charge on any atom is 0.306 e. The Labute approximate surface area is 117 Å². The number of carbonyl (C=O) groups excluding carboxylic acids is 1. The maximum absolute atomic E-state index is 12.3. The molecule has 0 bridgehead atoms. The van der Waals surface area contributed by atoms with Crippen LogP contribution in [-0.4, -0.2) is 34.1 Å². The molecule has 6 heteroatoms. The van der Waals surface area contributed by atoms with Gasteiger partial charge < -0.3 is 14.5 Å². The largest absolute Gasteiger partial charge is 0.481 e. The van der Waals surface area contributed by atoms with E-state index in [9.17, 15) is 9.59 Å². The number of rotatable bonds is 4. The van der Waals surface area contributed by atoms with Crippen molar-refractivity contribution in [1.29, 1.82) is 0 Å². The molecule has 2 rings (SSSR count). The number of hydrogen-bond donors (Lipinski definition) is 1. The number of aromatic nitrogens is 1. The van der Waals surface area contributed by atoms with Crippen molar-refractivity contribution in [2.45, 2.75) is 39.7 Å². The lowest BCUT2D eigenvalue weighted by Crippen LogP contribution is -2.32. The summed E-state index contributed by atoms with van der Waals surface area (Å²) < 4.78 is 5.08. The number of aryl methyl sites for hydroxylation is 2. The first-order valence-corrected chi connectivity index (χ1v) is 6.79. The van der Waals surface area contributed by atoms with Crippen LogP contribution in [0.4, 0.5) is 0 Å². The average molecular weight is 280 g/mol. The molecule has 0 aromatic carbocycles. The first-order chi connectivity index (χ1) is 9.40. The van der Waals surface area contributed by atoms with Crippen LogP contribution < -0.4 is 0 Å². The first-order valence-electron chi connectivity index (χ1n) is 6.79. The highest BCUT2D eigenvalue weighted by atomic mass is 16.5. The number of carbonyl (C=O) groups is 2. The Hall–Kier alpha value is -1.85. The SMILES string of the molecule is Cc1noc(C)c1CN(C)C(=O)C1CCC(C(=O)O)C1. The van der Waals surface area contributed by atoms with Crippen LogP contribution in [0.2, 0.25) is 0 Å². The summed E-state index contributed by atoms with van der Waals surface area (Å²) in [4.78, 5) is 24.9. The van der Waals surface area contributed by atoms with Gasteiger partial charge in [0.05, 0.1) is 18.2 Å². The summed E-state index contributed by atoms with van der Waals surface area (Å²) in [5.74, 6) is -0.627. The van der Waals surface area contributed by atoms with Crippen LogP contribution >= 0.6 is 0 Å². The fraction of sp³-hybridized carbons (Fsp3) is 0.643. The fourth-order valence-corrected chi connectivity index (χ4v) is 2.78. The molecule has 1 aliphatic rings. The minimum Gasteiger partial charge on any atom is -0.481 e. The maximum atomic E-state index is 12.3. The molecule has 1 aliphatic carbocycles. The lowest BCUT2D eigenvalue weighted by molar-refractivity contribution is -0.141. The van der Waals surface area contributed by atoms with Crippen molar-refractivity contribution in [2.75, 3.05) is 7.05 Å². The van der Waals surface area contributed by atoms with Crippen LogP contribution in [0.15, 0.2) is 4.52 Å². The Bertz CT molecular complexity index is 504. The van der Waals surface area contributed by atoms with E-state index >= 15 is 0 Å². The summed E-state index contributed by atoms with van der Waals surface area (Å²) in [6.45, 7) is 4.12. The van der Waals surface area contributed by atoms with E-state index in [2.05, 4.69) is 5.16 Å². The van der Waals surface area contributed by atoms with Gasteiger partial charge in [-0.25, -0.2) is 0 Å². The molecule has 20 heavy (non-hydrogen) atoms. The van der Waals surface area contributed by atoms with Crippen LogP contribution in [0.1, 0.15) is 36.3 Å². The molecule has 2 atom stereocenters. The zero-order valence-electron chi connectivity index (χ0n) is 12.0. The predicted molar refractivity (Wildman–Crippen MR) is 70.9 cm³/mol. The third-order valence-corrected chi connectivity index (χ3v) is 4.08. The standard InChI is InChI=1S/C14H20N2O4/c1-8-12(9(2)20-15-8)7-16(3)13(17)10-4-5-11(6-10)14(18)19/h10-11H,4-7H2,1-3H3,(H,18,19). The lowest BCUT2D eigenvalue weighted by Gasteiger charge is -2.21. The second kappa shape index (κ2) is 5.64. The molecule has 110 valence electrons. The second-order valence-electron chi connectivity index (χ2n) is 5.54. The van der Waals surface area contributed by atoms with Crippen molar-refractivity contribution in [2.24, 2.45) is 11.8 Å². The summed E-state index contributed by atoms with van der Waals surface area (Å²) >= 11 is 0. The zero-order valence-corrected chi connectivity index (χ0v) is 12.0. The van der Waals surface area contributed by atoms with E-state index in [-0.39, 0.29) is 17.7 Å². The molecule has 1 N–H and O–H groups in total. The zero-order chi connectivity index (χ0) is 14.9. The molecule has 0 aliphatic heterocycles. The molecule has 6 nitrogen and oxygen atoms in total. The lowest BCUT2D eigenvalue weighted by atomic mass is 10.0. The van der Waals surface area contributed by atoms with Crippen molar-refractivity contribution >= 4 is 11.9 Å². The summed E-state index contributed by atoms with van der Waals surface area (Å²) in [6.07, 6.45) is 1.69. The molecule has 1 saturated carbocycles. The molecule has 1 fully saturated rings.